The molecule has 0 saturated carbocycles. The van der Waals surface area contributed by atoms with E-state index in [1.165, 1.54) is 7.11 Å². The highest BCUT2D eigenvalue weighted by atomic mass is 16.5. The average Bonchev–Trinajstić information content (AvgIpc) is 2.25. The van der Waals surface area contributed by atoms with Gasteiger partial charge in [0.1, 0.15) is 0 Å². The highest BCUT2D eigenvalue weighted by Gasteiger charge is 2.24. The van der Waals surface area contributed by atoms with Crippen molar-refractivity contribution < 1.29 is 14.3 Å². The van der Waals surface area contributed by atoms with Crippen LogP contribution in [0, 0.1) is 5.92 Å². The Morgan fingerprint density at radius 3 is 3.14 bits per heavy atom. The number of rotatable bonds is 4. The number of carbonyl (C=O) groups excluding carboxylic acids is 1. The number of ether oxygens (including phenoxy) is 2. The quantitative estimate of drug-likeness (QED) is 0.507. The Bertz CT molecular complexity index is 233. The van der Waals surface area contributed by atoms with E-state index in [0.29, 0.717) is 13.0 Å². The monoisotopic (exact) mass is 196 g/mol. The number of esters is 1. The molecule has 0 heterocycles. The van der Waals surface area contributed by atoms with Gasteiger partial charge in [-0.3, -0.25) is 4.79 Å². The molecule has 0 amide bonds. The van der Waals surface area contributed by atoms with Gasteiger partial charge in [-0.1, -0.05) is 18.2 Å². The van der Waals surface area contributed by atoms with Gasteiger partial charge in [-0.15, -0.1) is 6.58 Å². The molecular weight excluding hydrogens is 180 g/mol. The second kappa shape index (κ2) is 5.60. The van der Waals surface area contributed by atoms with Gasteiger partial charge >= 0.3 is 5.97 Å². The Morgan fingerprint density at radius 1 is 1.71 bits per heavy atom. The first-order valence-corrected chi connectivity index (χ1v) is 4.75. The summed E-state index contributed by atoms with van der Waals surface area (Å²) in [5, 5.41) is 0. The molecule has 0 unspecified atom stereocenters. The molecule has 0 aromatic heterocycles. The smallest absolute Gasteiger partial charge is 0.309 e. The molecule has 0 aromatic carbocycles. The lowest BCUT2D eigenvalue weighted by atomic mass is 9.92. The summed E-state index contributed by atoms with van der Waals surface area (Å²) < 4.78 is 10.1. The van der Waals surface area contributed by atoms with Gasteiger partial charge in [-0.2, -0.15) is 0 Å². The van der Waals surface area contributed by atoms with Crippen LogP contribution in [0.4, 0.5) is 0 Å². The largest absolute Gasteiger partial charge is 0.469 e. The second-order valence-corrected chi connectivity index (χ2v) is 3.28. The Kier molecular flexibility index (Phi) is 4.40. The van der Waals surface area contributed by atoms with Gasteiger partial charge in [0.15, 0.2) is 0 Å². The number of hydrogen-bond donors (Lipinski definition) is 0. The lowest BCUT2D eigenvalue weighted by molar-refractivity contribution is -0.146. The van der Waals surface area contributed by atoms with E-state index >= 15 is 0 Å². The fourth-order valence-electron chi connectivity index (χ4n) is 1.52. The predicted molar refractivity (Wildman–Crippen MR) is 53.8 cm³/mol. The van der Waals surface area contributed by atoms with E-state index in [-0.39, 0.29) is 18.0 Å². The zero-order valence-corrected chi connectivity index (χ0v) is 8.44. The van der Waals surface area contributed by atoms with Crippen LogP contribution in [0.25, 0.3) is 0 Å². The first kappa shape index (κ1) is 11.0. The number of carbonyl (C=O) groups is 1. The third-order valence-corrected chi connectivity index (χ3v) is 2.25. The molecule has 1 aliphatic carbocycles. The molecule has 0 aromatic rings. The van der Waals surface area contributed by atoms with Crippen molar-refractivity contribution in [3.8, 4) is 0 Å². The van der Waals surface area contributed by atoms with Gasteiger partial charge in [0, 0.05) is 0 Å². The summed E-state index contributed by atoms with van der Waals surface area (Å²) >= 11 is 0. The van der Waals surface area contributed by atoms with Gasteiger partial charge < -0.3 is 9.47 Å². The van der Waals surface area contributed by atoms with E-state index in [1.807, 2.05) is 12.2 Å². The summed E-state index contributed by atoms with van der Waals surface area (Å²) in [7, 11) is 1.42. The van der Waals surface area contributed by atoms with Crippen LogP contribution in [0.2, 0.25) is 0 Å². The summed E-state index contributed by atoms with van der Waals surface area (Å²) in [5.74, 6) is -0.207. The zero-order valence-electron chi connectivity index (χ0n) is 8.44. The summed E-state index contributed by atoms with van der Waals surface area (Å²) in [4.78, 5) is 11.3. The Hall–Kier alpha value is -1.09. The van der Waals surface area contributed by atoms with Gasteiger partial charge in [0.05, 0.1) is 25.7 Å². The number of hydrogen-bond acceptors (Lipinski definition) is 3. The molecule has 3 heteroatoms. The van der Waals surface area contributed by atoms with Crippen molar-refractivity contribution in [3.05, 3.63) is 24.8 Å². The van der Waals surface area contributed by atoms with E-state index in [1.54, 1.807) is 6.08 Å². The normalized spacial score (nSPS) is 25.8. The van der Waals surface area contributed by atoms with Gasteiger partial charge in [-0.05, 0) is 12.8 Å². The predicted octanol–water partition coefficient (Wildman–Crippen LogP) is 1.70. The standard InChI is InChI=1S/C11H16O3/c1-3-7-14-10-6-4-5-9(8-10)11(12)13-2/h3-4,6,9-10H,1,5,7-8H2,2H3/t9-,10+/m1/s1. The minimum atomic E-state index is -0.151. The maximum Gasteiger partial charge on any atom is 0.309 e. The number of methoxy groups -OCH3 is 1. The minimum absolute atomic E-state index is 0.0193. The molecule has 1 aliphatic rings. The lowest BCUT2D eigenvalue weighted by Crippen LogP contribution is -2.25. The first-order chi connectivity index (χ1) is 6.77. The molecule has 0 N–H and O–H groups in total. The van der Waals surface area contributed by atoms with E-state index in [2.05, 4.69) is 6.58 Å². The van der Waals surface area contributed by atoms with E-state index in [9.17, 15) is 4.79 Å². The fraction of sp³-hybridized carbons (Fsp3) is 0.545. The van der Waals surface area contributed by atoms with Crippen LogP contribution in [0.3, 0.4) is 0 Å². The van der Waals surface area contributed by atoms with Gasteiger partial charge in [-0.25, -0.2) is 0 Å². The topological polar surface area (TPSA) is 35.5 Å². The molecule has 78 valence electrons. The maximum atomic E-state index is 11.3. The molecule has 2 atom stereocenters. The van der Waals surface area contributed by atoms with Crippen molar-refractivity contribution >= 4 is 5.97 Å². The summed E-state index contributed by atoms with van der Waals surface area (Å²) in [6.07, 6.45) is 7.14. The van der Waals surface area contributed by atoms with Crippen LogP contribution >= 0.6 is 0 Å². The molecule has 0 aliphatic heterocycles. The summed E-state index contributed by atoms with van der Waals surface area (Å²) in [6.45, 7) is 4.09. The van der Waals surface area contributed by atoms with Crippen molar-refractivity contribution in [2.45, 2.75) is 18.9 Å². The molecule has 0 spiro atoms. The van der Waals surface area contributed by atoms with E-state index in [4.69, 9.17) is 9.47 Å². The first-order valence-electron chi connectivity index (χ1n) is 4.75. The molecule has 0 saturated heterocycles. The van der Waals surface area contributed by atoms with Crippen LogP contribution < -0.4 is 0 Å². The van der Waals surface area contributed by atoms with Crippen LogP contribution in [-0.2, 0) is 14.3 Å². The Balaban J connectivity index is 2.43. The molecule has 14 heavy (non-hydrogen) atoms. The third kappa shape index (κ3) is 3.00. The maximum absolute atomic E-state index is 11.3. The van der Waals surface area contributed by atoms with Crippen molar-refractivity contribution in [2.24, 2.45) is 5.92 Å². The summed E-state index contributed by atoms with van der Waals surface area (Å²) in [6, 6.07) is 0. The molecule has 0 bridgehead atoms. The van der Waals surface area contributed by atoms with Gasteiger partial charge in [0.25, 0.3) is 0 Å². The molecule has 1 rings (SSSR count). The number of allylic oxidation sites excluding steroid dienone is 1. The molecule has 3 nitrogen and oxygen atoms in total. The minimum Gasteiger partial charge on any atom is -0.469 e. The van der Waals surface area contributed by atoms with Crippen molar-refractivity contribution in [1.82, 2.24) is 0 Å². The SMILES string of the molecule is C=CCO[C@H]1C=CC[C@@H](C(=O)OC)C1. The summed E-state index contributed by atoms with van der Waals surface area (Å²) in [5.41, 5.74) is 0. The Labute approximate surface area is 84.4 Å². The van der Waals surface area contributed by atoms with E-state index in [0.717, 1.165) is 6.42 Å². The second-order valence-electron chi connectivity index (χ2n) is 3.28. The van der Waals surface area contributed by atoms with Crippen LogP contribution in [0.15, 0.2) is 24.8 Å². The van der Waals surface area contributed by atoms with Gasteiger partial charge in [0.2, 0.25) is 0 Å². The molecule has 0 radical (unpaired) electrons. The molecule has 0 fully saturated rings. The lowest BCUT2D eigenvalue weighted by Gasteiger charge is -2.22. The zero-order chi connectivity index (χ0) is 10.4. The molecular formula is C11H16O3. The fourth-order valence-corrected chi connectivity index (χ4v) is 1.52. The highest BCUT2D eigenvalue weighted by Crippen LogP contribution is 2.21. The Morgan fingerprint density at radius 2 is 2.50 bits per heavy atom. The van der Waals surface area contributed by atoms with E-state index < -0.39 is 0 Å². The van der Waals surface area contributed by atoms with Crippen molar-refractivity contribution in [3.63, 3.8) is 0 Å². The highest BCUT2D eigenvalue weighted by molar-refractivity contribution is 5.72. The van der Waals surface area contributed by atoms with Crippen molar-refractivity contribution in [1.29, 1.82) is 0 Å². The van der Waals surface area contributed by atoms with Crippen molar-refractivity contribution in [2.75, 3.05) is 13.7 Å². The van der Waals surface area contributed by atoms with Crippen LogP contribution in [0.5, 0.6) is 0 Å². The van der Waals surface area contributed by atoms with Crippen LogP contribution in [-0.4, -0.2) is 25.8 Å². The third-order valence-electron chi connectivity index (χ3n) is 2.25. The average molecular weight is 196 g/mol. The van der Waals surface area contributed by atoms with Crippen LogP contribution in [0.1, 0.15) is 12.8 Å².